The lowest BCUT2D eigenvalue weighted by molar-refractivity contribution is -0.128. The van der Waals surface area contributed by atoms with E-state index in [2.05, 4.69) is 16.3 Å². The Morgan fingerprint density at radius 1 is 1.25 bits per heavy atom. The number of piperidine rings is 1. The molecule has 1 heterocycles. The Labute approximate surface area is 146 Å². The number of hydrogen-bond acceptors (Lipinski definition) is 3. The minimum atomic E-state index is -0.416. The second-order valence-electron chi connectivity index (χ2n) is 6.83. The van der Waals surface area contributed by atoms with Gasteiger partial charge in [-0.05, 0) is 76.4 Å². The van der Waals surface area contributed by atoms with Gasteiger partial charge in [0.15, 0.2) is 6.10 Å². The topological polar surface area (TPSA) is 41.6 Å². The van der Waals surface area contributed by atoms with Crippen LogP contribution < -0.4 is 10.1 Å². The average molecular weight is 332 g/mol. The number of carbonyl (C=O) groups is 1. The van der Waals surface area contributed by atoms with Crippen LogP contribution in [0.1, 0.15) is 50.2 Å². The predicted octanol–water partition coefficient (Wildman–Crippen LogP) is 3.45. The molecule has 1 aliphatic heterocycles. The summed E-state index contributed by atoms with van der Waals surface area (Å²) in [5.41, 5.74) is 2.21. The fraction of sp³-hybridized carbons (Fsp3) is 0.650. The Kier molecular flexibility index (Phi) is 7.57. The largest absolute Gasteiger partial charge is 0.480 e. The molecular weight excluding hydrogens is 300 g/mol. The van der Waals surface area contributed by atoms with Crippen molar-refractivity contribution in [2.24, 2.45) is 0 Å². The van der Waals surface area contributed by atoms with Crippen LogP contribution in [0.25, 0.3) is 0 Å². The van der Waals surface area contributed by atoms with E-state index in [1.165, 1.54) is 32.4 Å². The van der Waals surface area contributed by atoms with Gasteiger partial charge in [0.05, 0.1) is 0 Å². The van der Waals surface area contributed by atoms with E-state index in [1.807, 2.05) is 32.9 Å². The third-order valence-corrected chi connectivity index (χ3v) is 4.68. The molecule has 24 heavy (non-hydrogen) atoms. The summed E-state index contributed by atoms with van der Waals surface area (Å²) in [5.74, 6) is 0.808. The number of amides is 1. The van der Waals surface area contributed by atoms with Crippen molar-refractivity contribution in [3.63, 3.8) is 0 Å². The Morgan fingerprint density at radius 2 is 2.00 bits per heavy atom. The number of carbonyl (C=O) groups excluding carboxylic acids is 1. The van der Waals surface area contributed by atoms with E-state index in [0.29, 0.717) is 6.42 Å². The molecule has 0 saturated carbocycles. The van der Waals surface area contributed by atoms with Gasteiger partial charge in [-0.3, -0.25) is 4.79 Å². The monoisotopic (exact) mass is 332 g/mol. The quantitative estimate of drug-likeness (QED) is 0.741. The van der Waals surface area contributed by atoms with Crippen molar-refractivity contribution in [1.29, 1.82) is 0 Å². The fourth-order valence-corrected chi connectivity index (χ4v) is 3.12. The SMILES string of the molecule is CC[C@@H](Oc1cc(C)ccc1C)C(=O)NCCCN1CCCCC1. The number of likely N-dealkylation sites (tertiary alicyclic amines) is 1. The molecule has 1 aliphatic rings. The Hall–Kier alpha value is -1.55. The number of benzene rings is 1. The zero-order valence-corrected chi connectivity index (χ0v) is 15.4. The molecule has 0 spiro atoms. The molecule has 1 aromatic rings. The number of aryl methyl sites for hydroxylation is 2. The summed E-state index contributed by atoms with van der Waals surface area (Å²) in [4.78, 5) is 14.9. The molecule has 134 valence electrons. The summed E-state index contributed by atoms with van der Waals surface area (Å²) >= 11 is 0. The van der Waals surface area contributed by atoms with Crippen molar-refractivity contribution in [2.45, 2.75) is 59.0 Å². The van der Waals surface area contributed by atoms with Crippen molar-refractivity contribution in [2.75, 3.05) is 26.2 Å². The molecule has 1 amide bonds. The Balaban J connectivity index is 1.75. The highest BCUT2D eigenvalue weighted by Crippen LogP contribution is 2.21. The molecule has 1 N–H and O–H groups in total. The molecule has 1 aromatic carbocycles. The summed E-state index contributed by atoms with van der Waals surface area (Å²) in [5, 5.41) is 3.04. The van der Waals surface area contributed by atoms with Crippen molar-refractivity contribution < 1.29 is 9.53 Å². The molecular formula is C20H32N2O2. The molecule has 1 fully saturated rings. The first-order valence-electron chi connectivity index (χ1n) is 9.34. The van der Waals surface area contributed by atoms with Crippen LogP contribution in [0.3, 0.4) is 0 Å². The first-order chi connectivity index (χ1) is 11.6. The lowest BCUT2D eigenvalue weighted by Gasteiger charge is -2.26. The standard InChI is InChI=1S/C20H32N2O2/c1-4-18(24-19-15-16(2)9-10-17(19)3)20(23)21-11-8-14-22-12-6-5-7-13-22/h9-10,15,18H,4-8,11-14H2,1-3H3,(H,21,23)/t18-/m1/s1. The smallest absolute Gasteiger partial charge is 0.261 e. The molecule has 4 nitrogen and oxygen atoms in total. The van der Waals surface area contributed by atoms with E-state index >= 15 is 0 Å². The molecule has 1 atom stereocenters. The van der Waals surface area contributed by atoms with E-state index in [0.717, 1.165) is 36.4 Å². The van der Waals surface area contributed by atoms with Crippen molar-refractivity contribution in [1.82, 2.24) is 10.2 Å². The molecule has 0 radical (unpaired) electrons. The molecule has 0 unspecified atom stereocenters. The summed E-state index contributed by atoms with van der Waals surface area (Å²) in [7, 11) is 0. The van der Waals surface area contributed by atoms with E-state index in [9.17, 15) is 4.79 Å². The van der Waals surface area contributed by atoms with E-state index < -0.39 is 6.10 Å². The Bertz CT molecular complexity index is 524. The summed E-state index contributed by atoms with van der Waals surface area (Å²) in [6.45, 7) is 10.3. The van der Waals surface area contributed by atoms with Crippen molar-refractivity contribution in [3.8, 4) is 5.75 Å². The van der Waals surface area contributed by atoms with Crippen LogP contribution in [0.2, 0.25) is 0 Å². The van der Waals surface area contributed by atoms with Crippen molar-refractivity contribution >= 4 is 5.91 Å². The van der Waals surface area contributed by atoms with Gasteiger partial charge in [-0.15, -0.1) is 0 Å². The van der Waals surface area contributed by atoms with E-state index in [-0.39, 0.29) is 5.91 Å². The van der Waals surface area contributed by atoms with Crippen LogP contribution in [-0.2, 0) is 4.79 Å². The molecule has 0 bridgehead atoms. The summed E-state index contributed by atoms with van der Waals surface area (Å²) in [6, 6.07) is 6.10. The Morgan fingerprint density at radius 3 is 2.71 bits per heavy atom. The highest BCUT2D eigenvalue weighted by atomic mass is 16.5. The van der Waals surface area contributed by atoms with Gasteiger partial charge in [-0.2, -0.15) is 0 Å². The highest BCUT2D eigenvalue weighted by Gasteiger charge is 2.19. The summed E-state index contributed by atoms with van der Waals surface area (Å²) < 4.78 is 5.96. The number of hydrogen-bond donors (Lipinski definition) is 1. The molecule has 4 heteroatoms. The molecule has 0 aromatic heterocycles. The number of nitrogens with one attached hydrogen (secondary N) is 1. The van der Waals surface area contributed by atoms with Gasteiger partial charge < -0.3 is 15.0 Å². The van der Waals surface area contributed by atoms with Crippen LogP contribution in [0, 0.1) is 13.8 Å². The van der Waals surface area contributed by atoms with Crippen LogP contribution in [-0.4, -0.2) is 43.1 Å². The van der Waals surface area contributed by atoms with Crippen LogP contribution >= 0.6 is 0 Å². The highest BCUT2D eigenvalue weighted by molar-refractivity contribution is 5.81. The number of nitrogens with zero attached hydrogens (tertiary/aromatic N) is 1. The normalized spacial score (nSPS) is 16.6. The van der Waals surface area contributed by atoms with Gasteiger partial charge in [-0.1, -0.05) is 25.5 Å². The van der Waals surface area contributed by atoms with Gasteiger partial charge in [0.25, 0.3) is 5.91 Å². The first-order valence-corrected chi connectivity index (χ1v) is 9.34. The number of ether oxygens (including phenoxy) is 1. The maximum atomic E-state index is 12.4. The van der Waals surface area contributed by atoms with Crippen molar-refractivity contribution in [3.05, 3.63) is 29.3 Å². The zero-order valence-electron chi connectivity index (χ0n) is 15.4. The van der Waals surface area contributed by atoms with E-state index in [1.54, 1.807) is 0 Å². The third-order valence-electron chi connectivity index (χ3n) is 4.68. The second-order valence-corrected chi connectivity index (χ2v) is 6.83. The number of rotatable bonds is 8. The molecule has 2 rings (SSSR count). The lowest BCUT2D eigenvalue weighted by atomic mass is 10.1. The minimum Gasteiger partial charge on any atom is -0.480 e. The third kappa shape index (κ3) is 5.82. The molecule has 1 saturated heterocycles. The fourth-order valence-electron chi connectivity index (χ4n) is 3.12. The molecule has 0 aliphatic carbocycles. The maximum Gasteiger partial charge on any atom is 0.261 e. The van der Waals surface area contributed by atoms with Gasteiger partial charge in [0.2, 0.25) is 0 Å². The van der Waals surface area contributed by atoms with Gasteiger partial charge in [-0.25, -0.2) is 0 Å². The lowest BCUT2D eigenvalue weighted by Crippen LogP contribution is -2.39. The van der Waals surface area contributed by atoms with Gasteiger partial charge in [0.1, 0.15) is 5.75 Å². The van der Waals surface area contributed by atoms with Crippen LogP contribution in [0.15, 0.2) is 18.2 Å². The average Bonchev–Trinajstić information content (AvgIpc) is 2.60. The zero-order chi connectivity index (χ0) is 17.4. The van der Waals surface area contributed by atoms with Crippen LogP contribution in [0.5, 0.6) is 5.75 Å². The van der Waals surface area contributed by atoms with Gasteiger partial charge in [0, 0.05) is 6.54 Å². The maximum absolute atomic E-state index is 12.4. The second kappa shape index (κ2) is 9.67. The van der Waals surface area contributed by atoms with Crippen LogP contribution in [0.4, 0.5) is 0 Å². The predicted molar refractivity (Wildman–Crippen MR) is 98.5 cm³/mol. The van der Waals surface area contributed by atoms with Gasteiger partial charge >= 0.3 is 0 Å². The first kappa shape index (κ1) is 18.8. The minimum absolute atomic E-state index is 0.00273. The summed E-state index contributed by atoms with van der Waals surface area (Å²) in [6.07, 6.45) is 5.25. The van der Waals surface area contributed by atoms with E-state index in [4.69, 9.17) is 4.74 Å².